The van der Waals surface area contributed by atoms with E-state index in [-0.39, 0.29) is 12.5 Å². The fourth-order valence-corrected chi connectivity index (χ4v) is 1.06. The topological polar surface area (TPSA) is 82.2 Å². The second kappa shape index (κ2) is 6.02. The Hall–Kier alpha value is -1.56. The molecule has 84 valence electrons. The van der Waals surface area contributed by atoms with Gasteiger partial charge in [-0.25, -0.2) is 0 Å². The molecule has 0 radical (unpaired) electrons. The van der Waals surface area contributed by atoms with E-state index in [0.717, 1.165) is 0 Å². The molecule has 0 aliphatic heterocycles. The Bertz CT molecular complexity index is 311. The molecule has 1 aromatic heterocycles. The second-order valence-corrected chi connectivity index (χ2v) is 3.02. The number of hydrogen-bond donors (Lipinski definition) is 2. The number of rotatable bonds is 6. The molecule has 0 saturated carbocycles. The van der Waals surface area contributed by atoms with Crippen molar-refractivity contribution in [3.63, 3.8) is 0 Å². The number of nitrogen functional groups attached to an aromatic ring is 1. The number of carbonyl (C=O) groups is 1. The first-order valence-electron chi connectivity index (χ1n) is 4.84. The Balaban J connectivity index is 2.13. The van der Waals surface area contributed by atoms with Crippen LogP contribution in [-0.4, -0.2) is 35.4 Å². The summed E-state index contributed by atoms with van der Waals surface area (Å²) in [5.74, 6) is -0.114. The van der Waals surface area contributed by atoms with Gasteiger partial charge in [-0.2, -0.15) is 5.10 Å². The van der Waals surface area contributed by atoms with Crippen LogP contribution in [-0.2, 0) is 16.1 Å². The molecule has 6 heteroatoms. The van der Waals surface area contributed by atoms with Crippen LogP contribution in [0.4, 0.5) is 5.69 Å². The number of carbonyl (C=O) groups excluding carboxylic acids is 1. The third-order valence-corrected chi connectivity index (χ3v) is 1.75. The van der Waals surface area contributed by atoms with Gasteiger partial charge in [-0.1, -0.05) is 0 Å². The zero-order chi connectivity index (χ0) is 11.1. The SMILES string of the molecule is CCOCC(=O)NCCn1cc(N)cn1. The van der Waals surface area contributed by atoms with Crippen molar-refractivity contribution in [2.75, 3.05) is 25.5 Å². The van der Waals surface area contributed by atoms with E-state index in [1.165, 1.54) is 0 Å². The highest BCUT2D eigenvalue weighted by molar-refractivity contribution is 5.77. The van der Waals surface area contributed by atoms with Crippen LogP contribution in [0.15, 0.2) is 12.4 Å². The highest BCUT2D eigenvalue weighted by Gasteiger charge is 2.00. The minimum Gasteiger partial charge on any atom is -0.396 e. The van der Waals surface area contributed by atoms with Crippen molar-refractivity contribution in [3.05, 3.63) is 12.4 Å². The van der Waals surface area contributed by atoms with Gasteiger partial charge < -0.3 is 15.8 Å². The number of nitrogens with zero attached hydrogens (tertiary/aromatic N) is 2. The summed E-state index contributed by atoms with van der Waals surface area (Å²) in [4.78, 5) is 11.1. The Morgan fingerprint density at radius 3 is 3.13 bits per heavy atom. The lowest BCUT2D eigenvalue weighted by atomic mass is 10.5. The van der Waals surface area contributed by atoms with Gasteiger partial charge in [0.25, 0.3) is 0 Å². The molecule has 15 heavy (non-hydrogen) atoms. The molecule has 0 bridgehead atoms. The molecular weight excluding hydrogens is 196 g/mol. The molecule has 1 heterocycles. The highest BCUT2D eigenvalue weighted by atomic mass is 16.5. The number of hydrogen-bond acceptors (Lipinski definition) is 4. The van der Waals surface area contributed by atoms with Crippen molar-refractivity contribution < 1.29 is 9.53 Å². The van der Waals surface area contributed by atoms with E-state index in [1.54, 1.807) is 17.1 Å². The summed E-state index contributed by atoms with van der Waals surface area (Å²) < 4.78 is 6.62. The zero-order valence-electron chi connectivity index (χ0n) is 8.77. The van der Waals surface area contributed by atoms with Crippen LogP contribution in [0.1, 0.15) is 6.92 Å². The molecule has 1 aromatic rings. The van der Waals surface area contributed by atoms with Crippen LogP contribution in [0.3, 0.4) is 0 Å². The van der Waals surface area contributed by atoms with Crippen LogP contribution in [0, 0.1) is 0 Å². The molecule has 0 saturated heterocycles. The highest BCUT2D eigenvalue weighted by Crippen LogP contribution is 1.96. The first-order valence-corrected chi connectivity index (χ1v) is 4.84. The summed E-state index contributed by atoms with van der Waals surface area (Å²) in [6, 6.07) is 0. The summed E-state index contributed by atoms with van der Waals surface area (Å²) in [5.41, 5.74) is 6.11. The Labute approximate surface area is 88.4 Å². The molecule has 0 unspecified atom stereocenters. The summed E-state index contributed by atoms with van der Waals surface area (Å²) in [6.07, 6.45) is 3.29. The van der Waals surface area contributed by atoms with E-state index in [4.69, 9.17) is 10.5 Å². The number of anilines is 1. The minimum atomic E-state index is -0.114. The van der Waals surface area contributed by atoms with E-state index in [1.807, 2.05) is 6.92 Å². The van der Waals surface area contributed by atoms with Gasteiger partial charge in [0.15, 0.2) is 0 Å². The number of aromatic nitrogens is 2. The average Bonchev–Trinajstić information content (AvgIpc) is 2.61. The van der Waals surface area contributed by atoms with E-state index in [0.29, 0.717) is 25.4 Å². The molecule has 1 amide bonds. The zero-order valence-corrected chi connectivity index (χ0v) is 8.77. The van der Waals surface area contributed by atoms with E-state index >= 15 is 0 Å². The normalized spacial score (nSPS) is 10.2. The molecule has 0 fully saturated rings. The van der Waals surface area contributed by atoms with Crippen LogP contribution >= 0.6 is 0 Å². The van der Waals surface area contributed by atoms with Crippen molar-refractivity contribution in [1.29, 1.82) is 0 Å². The van der Waals surface area contributed by atoms with Crippen molar-refractivity contribution in [1.82, 2.24) is 15.1 Å². The van der Waals surface area contributed by atoms with Crippen LogP contribution in [0.2, 0.25) is 0 Å². The van der Waals surface area contributed by atoms with Gasteiger partial charge in [-0.15, -0.1) is 0 Å². The maximum absolute atomic E-state index is 11.1. The summed E-state index contributed by atoms with van der Waals surface area (Å²) in [5, 5.41) is 6.69. The molecule has 3 N–H and O–H groups in total. The molecule has 6 nitrogen and oxygen atoms in total. The van der Waals surface area contributed by atoms with Gasteiger partial charge in [-0.3, -0.25) is 9.48 Å². The van der Waals surface area contributed by atoms with Crippen molar-refractivity contribution in [2.24, 2.45) is 0 Å². The largest absolute Gasteiger partial charge is 0.396 e. The lowest BCUT2D eigenvalue weighted by Crippen LogP contribution is -2.30. The molecule has 0 spiro atoms. The van der Waals surface area contributed by atoms with Gasteiger partial charge in [-0.05, 0) is 6.92 Å². The lowest BCUT2D eigenvalue weighted by molar-refractivity contribution is -0.125. The number of amides is 1. The summed E-state index contributed by atoms with van der Waals surface area (Å²) in [6.45, 7) is 3.63. The van der Waals surface area contributed by atoms with Crippen molar-refractivity contribution in [2.45, 2.75) is 13.5 Å². The van der Waals surface area contributed by atoms with Crippen LogP contribution < -0.4 is 11.1 Å². The van der Waals surface area contributed by atoms with E-state index < -0.39 is 0 Å². The van der Waals surface area contributed by atoms with Crippen molar-refractivity contribution in [3.8, 4) is 0 Å². The quantitative estimate of drug-likeness (QED) is 0.673. The molecular formula is C9H16N4O2. The average molecular weight is 212 g/mol. The fourth-order valence-electron chi connectivity index (χ4n) is 1.06. The van der Waals surface area contributed by atoms with Crippen molar-refractivity contribution >= 4 is 11.6 Å². The number of ether oxygens (including phenoxy) is 1. The Morgan fingerprint density at radius 2 is 2.53 bits per heavy atom. The first-order chi connectivity index (χ1) is 7.22. The van der Waals surface area contributed by atoms with Gasteiger partial charge >= 0.3 is 0 Å². The fraction of sp³-hybridized carbons (Fsp3) is 0.556. The number of nitrogens with one attached hydrogen (secondary N) is 1. The predicted molar refractivity (Wildman–Crippen MR) is 56.1 cm³/mol. The van der Waals surface area contributed by atoms with Crippen LogP contribution in [0.25, 0.3) is 0 Å². The van der Waals surface area contributed by atoms with E-state index in [2.05, 4.69) is 10.4 Å². The first kappa shape index (κ1) is 11.5. The van der Waals surface area contributed by atoms with Gasteiger partial charge in [0.2, 0.25) is 5.91 Å². The predicted octanol–water partition coefficient (Wildman–Crippen LogP) is -0.382. The third-order valence-electron chi connectivity index (χ3n) is 1.75. The molecule has 0 aliphatic rings. The summed E-state index contributed by atoms with van der Waals surface area (Å²) >= 11 is 0. The van der Waals surface area contributed by atoms with Gasteiger partial charge in [0.05, 0.1) is 18.4 Å². The standard InChI is InChI=1S/C9H16N4O2/c1-2-15-7-9(14)11-3-4-13-6-8(10)5-12-13/h5-6H,2-4,7,10H2,1H3,(H,11,14). The molecule has 1 rings (SSSR count). The smallest absolute Gasteiger partial charge is 0.246 e. The Morgan fingerprint density at radius 1 is 1.73 bits per heavy atom. The molecule has 0 aliphatic carbocycles. The number of nitrogens with two attached hydrogens (primary N) is 1. The third kappa shape index (κ3) is 4.46. The Kier molecular flexibility index (Phi) is 4.62. The van der Waals surface area contributed by atoms with Gasteiger partial charge in [0, 0.05) is 19.3 Å². The van der Waals surface area contributed by atoms with Crippen LogP contribution in [0.5, 0.6) is 0 Å². The second-order valence-electron chi connectivity index (χ2n) is 3.02. The maximum atomic E-state index is 11.1. The molecule has 0 atom stereocenters. The lowest BCUT2D eigenvalue weighted by Gasteiger charge is -2.04. The molecule has 0 aromatic carbocycles. The minimum absolute atomic E-state index is 0.109. The summed E-state index contributed by atoms with van der Waals surface area (Å²) in [7, 11) is 0. The maximum Gasteiger partial charge on any atom is 0.246 e. The van der Waals surface area contributed by atoms with E-state index in [9.17, 15) is 4.79 Å². The monoisotopic (exact) mass is 212 g/mol. The van der Waals surface area contributed by atoms with Gasteiger partial charge in [0.1, 0.15) is 6.61 Å².